The van der Waals surface area contributed by atoms with Crippen molar-refractivity contribution in [2.45, 2.75) is 148 Å². The molecule has 1 amide bonds. The molecule has 1 aromatic carbocycles. The number of hydrogen-bond donors (Lipinski definition) is 2. The number of rotatable bonds is 14. The summed E-state index contributed by atoms with van der Waals surface area (Å²) in [6, 6.07) is 7.57. The summed E-state index contributed by atoms with van der Waals surface area (Å²) in [5, 5.41) is 4.11. The third kappa shape index (κ3) is 26.7. The van der Waals surface area contributed by atoms with Gasteiger partial charge in [0.15, 0.2) is 5.78 Å². The van der Waals surface area contributed by atoms with Crippen molar-refractivity contribution >= 4 is 37.0 Å². The summed E-state index contributed by atoms with van der Waals surface area (Å²) in [6.45, 7) is 32.6. The van der Waals surface area contributed by atoms with E-state index in [4.69, 9.17) is 9.72 Å². The number of amides is 1. The Hall–Kier alpha value is -3.75. The number of aryl methyl sites for hydroxylation is 1. The van der Waals surface area contributed by atoms with Gasteiger partial charge in [-0.2, -0.15) is 0 Å². The van der Waals surface area contributed by atoms with E-state index < -0.39 is 0 Å². The van der Waals surface area contributed by atoms with Crippen molar-refractivity contribution in [3.05, 3.63) is 109 Å². The molecular formula is C49H81N3O4S. The number of unbranched alkanes of at least 4 members (excludes halogenated alkanes) is 1. The maximum absolute atomic E-state index is 13.2. The van der Waals surface area contributed by atoms with Gasteiger partial charge < -0.3 is 10.1 Å². The predicted octanol–water partition coefficient (Wildman–Crippen LogP) is 11.1. The van der Waals surface area contributed by atoms with Crippen LogP contribution in [0.1, 0.15) is 157 Å². The van der Waals surface area contributed by atoms with Crippen LogP contribution in [-0.2, 0) is 16.1 Å². The summed E-state index contributed by atoms with van der Waals surface area (Å²) in [5.41, 5.74) is 4.54. The fraction of sp³-hybridized carbons (Fsp3) is 0.551. The van der Waals surface area contributed by atoms with E-state index in [9.17, 15) is 14.4 Å². The molecule has 0 bridgehead atoms. The van der Waals surface area contributed by atoms with Crippen molar-refractivity contribution in [2.24, 2.45) is 11.8 Å². The summed E-state index contributed by atoms with van der Waals surface area (Å²) in [5.74, 6) is 2.04. The third-order valence-corrected chi connectivity index (χ3v) is 8.57. The highest BCUT2D eigenvalue weighted by atomic mass is 32.1. The van der Waals surface area contributed by atoms with Gasteiger partial charge in [0.05, 0.1) is 23.7 Å². The average molecular weight is 808 g/mol. The van der Waals surface area contributed by atoms with E-state index in [0.29, 0.717) is 30.2 Å². The Kier molecular flexibility index (Phi) is 36.9. The molecular weight excluding hydrogens is 727 g/mol. The molecule has 1 unspecified atom stereocenters. The minimum atomic E-state index is 0.0757. The van der Waals surface area contributed by atoms with E-state index in [0.717, 1.165) is 66.7 Å². The molecule has 57 heavy (non-hydrogen) atoms. The summed E-state index contributed by atoms with van der Waals surface area (Å²) in [6.07, 6.45) is 20.7. The number of hydrogen-bond acceptors (Lipinski definition) is 6. The number of ether oxygens (including phenoxy) is 1. The van der Waals surface area contributed by atoms with Gasteiger partial charge in [-0.05, 0) is 81.3 Å². The number of carbonyl (C=O) groups excluding carboxylic acids is 2. The first kappa shape index (κ1) is 57.6. The Morgan fingerprint density at radius 3 is 2.04 bits per heavy atom. The van der Waals surface area contributed by atoms with Crippen molar-refractivity contribution in [1.29, 1.82) is 0 Å². The molecule has 0 fully saturated rings. The second-order valence-electron chi connectivity index (χ2n) is 13.9. The minimum Gasteiger partial charge on any atom is -0.380 e. The van der Waals surface area contributed by atoms with Crippen LogP contribution in [-0.4, -0.2) is 42.0 Å². The van der Waals surface area contributed by atoms with E-state index in [1.807, 2.05) is 89.5 Å². The predicted molar refractivity (Wildman–Crippen MR) is 253 cm³/mol. The number of nitrogens with one attached hydrogen (secondary N) is 1. The highest BCUT2D eigenvalue weighted by Gasteiger charge is 2.19. The van der Waals surface area contributed by atoms with Crippen LogP contribution in [0.3, 0.4) is 0 Å². The van der Waals surface area contributed by atoms with Gasteiger partial charge in [-0.3, -0.25) is 19.0 Å². The number of methoxy groups -OCH3 is 1. The van der Waals surface area contributed by atoms with Gasteiger partial charge in [0, 0.05) is 25.1 Å². The van der Waals surface area contributed by atoms with Crippen LogP contribution < -0.4 is 21.4 Å². The van der Waals surface area contributed by atoms with Gasteiger partial charge in [-0.25, -0.2) is 4.98 Å². The molecule has 0 spiro atoms. The highest BCUT2D eigenvalue weighted by molar-refractivity contribution is 7.84. The zero-order valence-electron chi connectivity index (χ0n) is 38.8. The molecule has 1 aromatic heterocycles. The number of benzene rings is 1. The number of nitrogens with zero attached hydrogens (tertiary/aromatic N) is 2. The van der Waals surface area contributed by atoms with Crippen LogP contribution in [0.15, 0.2) is 75.5 Å². The van der Waals surface area contributed by atoms with Crippen LogP contribution in [0.2, 0.25) is 0 Å². The second-order valence-corrected chi connectivity index (χ2v) is 14.6. The molecule has 0 saturated heterocycles. The van der Waals surface area contributed by atoms with Gasteiger partial charge in [0.2, 0.25) is 6.41 Å². The van der Waals surface area contributed by atoms with Crippen LogP contribution in [0, 0.1) is 18.8 Å². The molecule has 7 nitrogen and oxygen atoms in total. The zero-order valence-corrected chi connectivity index (χ0v) is 39.7. The summed E-state index contributed by atoms with van der Waals surface area (Å²) in [7, 11) is 1.71. The monoisotopic (exact) mass is 808 g/mol. The average Bonchev–Trinajstić information content (AvgIpc) is 3.20. The van der Waals surface area contributed by atoms with Gasteiger partial charge in [-0.15, -0.1) is 12.6 Å². The standard InChI is InChI=1S/C22H32N2O.C9H16OS.C9H10O.C5H11NO.2C2H6/c1-7-19-20(13-15(2)3)23-21(17(6)16(4)5)24(22(19)25)14-18-11-9-8-10-12-18;1-4-9(7-10-3)6-5-8(2)11;1-7-3-5-9(6-4-7)8(2)10;1-2-3-4-6-5-7;2*1-2/h7,9,11-13,15-17H,8,10,14H2,1-6H3;5-6,11H,4,7H2,1-3H3;3-6H,1-2H3;5H,2-4H2,1H3,(H,6,7);2*1-2H3/b19-7+,20-13+;8-5+,9-6+;;;;. The molecule has 322 valence electrons. The lowest BCUT2D eigenvalue weighted by atomic mass is 9.96. The summed E-state index contributed by atoms with van der Waals surface area (Å²) in [4.78, 5) is 39.5. The van der Waals surface area contributed by atoms with E-state index in [1.54, 1.807) is 14.0 Å². The largest absolute Gasteiger partial charge is 0.380 e. The van der Waals surface area contributed by atoms with Crippen LogP contribution in [0.4, 0.5) is 0 Å². The number of ketones is 1. The van der Waals surface area contributed by atoms with E-state index in [1.165, 1.54) is 16.7 Å². The SMILES string of the molecule is C/C=c1/c(=O)n(CC2=CCCC=C2)c(C(C)C(C)C)n/c1=C/C(C)C.CC.CC.CC(=O)c1ccc(C)cc1.CC/C(=C\C=C(/C)S)COC.CCCCNC=O. The Labute approximate surface area is 354 Å². The van der Waals surface area contributed by atoms with Crippen molar-refractivity contribution in [3.63, 3.8) is 0 Å². The number of aromatic nitrogens is 2. The van der Waals surface area contributed by atoms with Crippen molar-refractivity contribution in [2.75, 3.05) is 20.3 Å². The van der Waals surface area contributed by atoms with Gasteiger partial charge in [-0.1, -0.05) is 155 Å². The molecule has 1 atom stereocenters. The Bertz CT molecular complexity index is 1680. The first-order valence-corrected chi connectivity index (χ1v) is 21.5. The lowest BCUT2D eigenvalue weighted by Crippen LogP contribution is -2.49. The first-order chi connectivity index (χ1) is 27.2. The zero-order chi connectivity index (χ0) is 44.3. The fourth-order valence-electron chi connectivity index (χ4n) is 4.90. The molecule has 1 heterocycles. The van der Waals surface area contributed by atoms with Gasteiger partial charge in [0.25, 0.3) is 5.56 Å². The van der Waals surface area contributed by atoms with Crippen molar-refractivity contribution < 1.29 is 14.3 Å². The number of carbonyl (C=O) groups is 2. The molecule has 0 saturated carbocycles. The van der Waals surface area contributed by atoms with Crippen molar-refractivity contribution in [1.82, 2.24) is 14.9 Å². The molecule has 8 heteroatoms. The maximum atomic E-state index is 13.2. The van der Waals surface area contributed by atoms with Crippen LogP contribution in [0.5, 0.6) is 0 Å². The topological polar surface area (TPSA) is 90.3 Å². The minimum absolute atomic E-state index is 0.0757. The van der Waals surface area contributed by atoms with E-state index in [2.05, 4.69) is 96.8 Å². The van der Waals surface area contributed by atoms with E-state index in [-0.39, 0.29) is 17.3 Å². The van der Waals surface area contributed by atoms with Gasteiger partial charge in [0.1, 0.15) is 5.82 Å². The molecule has 3 rings (SSSR count). The fourth-order valence-corrected chi connectivity index (χ4v) is 4.98. The lowest BCUT2D eigenvalue weighted by Gasteiger charge is -2.21. The lowest BCUT2D eigenvalue weighted by molar-refractivity contribution is -0.109. The second kappa shape index (κ2) is 36.6. The smallest absolute Gasteiger partial charge is 0.261 e. The third-order valence-electron chi connectivity index (χ3n) is 8.42. The molecule has 1 N–H and O–H groups in total. The van der Waals surface area contributed by atoms with Gasteiger partial charge >= 0.3 is 0 Å². The summed E-state index contributed by atoms with van der Waals surface area (Å²) >= 11 is 4.16. The first-order valence-electron chi connectivity index (χ1n) is 21.1. The summed E-state index contributed by atoms with van der Waals surface area (Å²) < 4.78 is 6.89. The quantitative estimate of drug-likeness (QED) is 0.0652. The number of thiol groups is 1. The Morgan fingerprint density at radius 2 is 1.61 bits per heavy atom. The number of Topliss-reactive ketones (excluding diaryl/α,β-unsaturated/α-hetero) is 1. The highest BCUT2D eigenvalue weighted by Crippen LogP contribution is 2.21. The molecule has 1 aliphatic rings. The normalized spacial score (nSPS) is 13.2. The van der Waals surface area contributed by atoms with Crippen molar-refractivity contribution in [3.8, 4) is 0 Å². The van der Waals surface area contributed by atoms with Crippen LogP contribution >= 0.6 is 12.6 Å². The molecule has 2 aromatic rings. The Balaban J connectivity index is -0.000000755. The Morgan fingerprint density at radius 1 is 1.00 bits per heavy atom. The van der Waals surface area contributed by atoms with Crippen LogP contribution in [0.25, 0.3) is 12.2 Å². The maximum Gasteiger partial charge on any atom is 0.261 e. The molecule has 1 aliphatic carbocycles. The number of allylic oxidation sites excluding steroid dienone is 7. The van der Waals surface area contributed by atoms with E-state index >= 15 is 0 Å². The molecule has 0 aliphatic heterocycles. The molecule has 0 radical (unpaired) electrons.